The molecule has 0 aliphatic rings. The van der Waals surface area contributed by atoms with E-state index in [0.29, 0.717) is 5.82 Å². The minimum Gasteiger partial charge on any atom is -0.373 e. The third kappa shape index (κ3) is 2.35. The summed E-state index contributed by atoms with van der Waals surface area (Å²) in [7, 11) is 1.64. The summed E-state index contributed by atoms with van der Waals surface area (Å²) in [5, 5.41) is 5.99. The molecule has 90 valence electrons. The lowest BCUT2D eigenvalue weighted by molar-refractivity contribution is -0.159. The standard InChI is InChI=1S/C9H7F3N4O/c1-13-6-4-2-3-5(14-6)7-15-8(17-16-7)9(10,11)12/h2-4H,1H3,(H,13,14). The number of pyridine rings is 1. The van der Waals surface area contributed by atoms with E-state index < -0.39 is 12.1 Å². The highest BCUT2D eigenvalue weighted by molar-refractivity contribution is 5.52. The maximum absolute atomic E-state index is 12.2. The predicted molar refractivity (Wildman–Crippen MR) is 52.1 cm³/mol. The largest absolute Gasteiger partial charge is 0.471 e. The quantitative estimate of drug-likeness (QED) is 0.877. The van der Waals surface area contributed by atoms with E-state index in [0.717, 1.165) is 0 Å². The zero-order valence-corrected chi connectivity index (χ0v) is 8.62. The van der Waals surface area contributed by atoms with Crippen LogP contribution in [0.3, 0.4) is 0 Å². The second-order valence-electron chi connectivity index (χ2n) is 3.08. The van der Waals surface area contributed by atoms with E-state index in [9.17, 15) is 13.2 Å². The van der Waals surface area contributed by atoms with E-state index >= 15 is 0 Å². The highest BCUT2D eigenvalue weighted by atomic mass is 19.4. The van der Waals surface area contributed by atoms with Gasteiger partial charge in [0.25, 0.3) is 0 Å². The molecule has 2 rings (SSSR count). The molecule has 2 aromatic rings. The van der Waals surface area contributed by atoms with Crippen molar-refractivity contribution in [3.63, 3.8) is 0 Å². The lowest BCUT2D eigenvalue weighted by Crippen LogP contribution is -2.05. The van der Waals surface area contributed by atoms with E-state index in [-0.39, 0.29) is 11.5 Å². The molecule has 8 heteroatoms. The molecule has 0 atom stereocenters. The maximum atomic E-state index is 12.2. The Morgan fingerprint density at radius 2 is 2.00 bits per heavy atom. The molecule has 0 aromatic carbocycles. The van der Waals surface area contributed by atoms with Gasteiger partial charge in [0.15, 0.2) is 0 Å². The summed E-state index contributed by atoms with van der Waals surface area (Å²) in [4.78, 5) is 7.23. The molecule has 0 fully saturated rings. The first-order chi connectivity index (χ1) is 8.00. The predicted octanol–water partition coefficient (Wildman–Crippen LogP) is 2.19. The normalized spacial score (nSPS) is 11.5. The van der Waals surface area contributed by atoms with E-state index in [1.54, 1.807) is 19.2 Å². The molecule has 0 saturated carbocycles. The highest BCUT2D eigenvalue weighted by Crippen LogP contribution is 2.29. The summed E-state index contributed by atoms with van der Waals surface area (Å²) in [6, 6.07) is 4.78. The molecule has 0 amide bonds. The van der Waals surface area contributed by atoms with Gasteiger partial charge >= 0.3 is 12.1 Å². The van der Waals surface area contributed by atoms with Crippen LogP contribution in [0, 0.1) is 0 Å². The summed E-state index contributed by atoms with van der Waals surface area (Å²) in [6.07, 6.45) is -4.65. The molecule has 5 nitrogen and oxygen atoms in total. The number of halogens is 3. The fraction of sp³-hybridized carbons (Fsp3) is 0.222. The van der Waals surface area contributed by atoms with Gasteiger partial charge in [-0.1, -0.05) is 11.2 Å². The van der Waals surface area contributed by atoms with Crippen LogP contribution >= 0.6 is 0 Å². The van der Waals surface area contributed by atoms with E-state index in [1.165, 1.54) is 6.07 Å². The number of alkyl halides is 3. The fourth-order valence-electron chi connectivity index (χ4n) is 1.14. The Morgan fingerprint density at radius 1 is 1.24 bits per heavy atom. The molecule has 0 aliphatic carbocycles. The minimum atomic E-state index is -4.65. The molecule has 0 aliphatic heterocycles. The van der Waals surface area contributed by atoms with Gasteiger partial charge in [0.1, 0.15) is 11.5 Å². The van der Waals surface area contributed by atoms with Crippen molar-refractivity contribution in [3.05, 3.63) is 24.1 Å². The molecule has 0 spiro atoms. The van der Waals surface area contributed by atoms with E-state index in [1.807, 2.05) is 0 Å². The Morgan fingerprint density at radius 3 is 2.59 bits per heavy atom. The zero-order valence-electron chi connectivity index (χ0n) is 8.62. The molecule has 0 saturated heterocycles. The Hall–Kier alpha value is -2.12. The molecule has 2 aromatic heterocycles. The summed E-state index contributed by atoms with van der Waals surface area (Å²) in [6.45, 7) is 0. The van der Waals surface area contributed by atoms with E-state index in [2.05, 4.69) is 25.0 Å². The van der Waals surface area contributed by atoms with Crippen molar-refractivity contribution in [1.29, 1.82) is 0 Å². The van der Waals surface area contributed by atoms with Gasteiger partial charge in [-0.25, -0.2) is 4.98 Å². The van der Waals surface area contributed by atoms with Crippen molar-refractivity contribution in [2.45, 2.75) is 6.18 Å². The monoisotopic (exact) mass is 244 g/mol. The van der Waals surface area contributed by atoms with Crippen molar-refractivity contribution in [3.8, 4) is 11.5 Å². The molecule has 2 heterocycles. The van der Waals surface area contributed by atoms with Crippen molar-refractivity contribution < 1.29 is 17.7 Å². The van der Waals surface area contributed by atoms with Gasteiger partial charge in [0.2, 0.25) is 5.82 Å². The van der Waals surface area contributed by atoms with Crippen LogP contribution in [0.1, 0.15) is 5.89 Å². The van der Waals surface area contributed by atoms with Crippen molar-refractivity contribution in [1.82, 2.24) is 15.1 Å². The average Bonchev–Trinajstić information content (AvgIpc) is 2.78. The second kappa shape index (κ2) is 4.04. The van der Waals surface area contributed by atoms with Crippen LogP contribution in [0.2, 0.25) is 0 Å². The van der Waals surface area contributed by atoms with Gasteiger partial charge < -0.3 is 9.84 Å². The van der Waals surface area contributed by atoms with Crippen LogP contribution < -0.4 is 5.32 Å². The lowest BCUT2D eigenvalue weighted by Gasteiger charge is -1.99. The third-order valence-corrected chi connectivity index (χ3v) is 1.90. The molecule has 0 unspecified atom stereocenters. The topological polar surface area (TPSA) is 63.8 Å². The summed E-state index contributed by atoms with van der Waals surface area (Å²) in [5.74, 6) is -1.08. The smallest absolute Gasteiger partial charge is 0.373 e. The van der Waals surface area contributed by atoms with Crippen LogP contribution in [0.5, 0.6) is 0 Å². The van der Waals surface area contributed by atoms with Crippen molar-refractivity contribution >= 4 is 5.82 Å². The summed E-state index contributed by atoms with van der Waals surface area (Å²) >= 11 is 0. The summed E-state index contributed by atoms with van der Waals surface area (Å²) in [5.41, 5.74) is 0.205. The molecule has 0 radical (unpaired) electrons. The first kappa shape index (κ1) is 11.4. The Balaban J connectivity index is 2.37. The van der Waals surface area contributed by atoms with Crippen LogP contribution in [0.25, 0.3) is 11.5 Å². The first-order valence-electron chi connectivity index (χ1n) is 4.57. The third-order valence-electron chi connectivity index (χ3n) is 1.90. The highest BCUT2D eigenvalue weighted by Gasteiger charge is 2.38. The average molecular weight is 244 g/mol. The van der Waals surface area contributed by atoms with Crippen LogP contribution in [0.4, 0.5) is 19.0 Å². The van der Waals surface area contributed by atoms with Gasteiger partial charge in [-0.3, -0.25) is 0 Å². The molecule has 0 bridgehead atoms. The van der Waals surface area contributed by atoms with Gasteiger partial charge in [-0.15, -0.1) is 0 Å². The number of nitrogens with one attached hydrogen (secondary N) is 1. The molecular weight excluding hydrogens is 237 g/mol. The van der Waals surface area contributed by atoms with Gasteiger partial charge in [0.05, 0.1) is 0 Å². The number of aromatic nitrogens is 3. The van der Waals surface area contributed by atoms with Gasteiger partial charge in [0, 0.05) is 7.05 Å². The lowest BCUT2D eigenvalue weighted by atomic mass is 10.3. The number of anilines is 1. The number of hydrogen-bond acceptors (Lipinski definition) is 5. The van der Waals surface area contributed by atoms with Crippen LogP contribution in [-0.4, -0.2) is 22.2 Å². The minimum absolute atomic E-state index is 0.200. The molecule has 17 heavy (non-hydrogen) atoms. The van der Waals surface area contributed by atoms with Crippen molar-refractivity contribution in [2.75, 3.05) is 12.4 Å². The maximum Gasteiger partial charge on any atom is 0.471 e. The Labute approximate surface area is 93.7 Å². The van der Waals surface area contributed by atoms with Gasteiger partial charge in [-0.05, 0) is 12.1 Å². The van der Waals surface area contributed by atoms with Crippen LogP contribution in [0.15, 0.2) is 22.7 Å². The Kier molecular flexibility index (Phi) is 2.70. The Bertz CT molecular complexity index is 523. The number of rotatable bonds is 2. The fourth-order valence-corrected chi connectivity index (χ4v) is 1.14. The molecular formula is C9H7F3N4O. The van der Waals surface area contributed by atoms with E-state index in [4.69, 9.17) is 0 Å². The summed E-state index contributed by atoms with van der Waals surface area (Å²) < 4.78 is 40.8. The second-order valence-corrected chi connectivity index (χ2v) is 3.08. The number of nitrogens with zero attached hydrogens (tertiary/aromatic N) is 3. The van der Waals surface area contributed by atoms with Gasteiger partial charge in [-0.2, -0.15) is 18.2 Å². The first-order valence-corrected chi connectivity index (χ1v) is 4.57. The zero-order chi connectivity index (χ0) is 12.5. The molecule has 1 N–H and O–H groups in total. The SMILES string of the molecule is CNc1cccc(-c2noc(C(F)(F)F)n2)n1. The van der Waals surface area contributed by atoms with Crippen LogP contribution in [-0.2, 0) is 6.18 Å². The number of hydrogen-bond donors (Lipinski definition) is 1. The van der Waals surface area contributed by atoms with Crippen molar-refractivity contribution in [2.24, 2.45) is 0 Å².